The van der Waals surface area contributed by atoms with Crippen molar-refractivity contribution < 1.29 is 9.53 Å². The first-order valence-corrected chi connectivity index (χ1v) is 8.37. The smallest absolute Gasteiger partial charge is 0.307 e. The quantitative estimate of drug-likeness (QED) is 0.672. The zero-order valence-corrected chi connectivity index (χ0v) is 14.3. The van der Waals surface area contributed by atoms with Gasteiger partial charge >= 0.3 is 5.97 Å². The molecule has 0 radical (unpaired) electrons. The predicted octanol–water partition coefficient (Wildman–Crippen LogP) is 2.07. The molecule has 2 N–H and O–H groups in total. The van der Waals surface area contributed by atoms with Crippen LogP contribution in [0.1, 0.15) is 24.6 Å². The second-order valence-corrected chi connectivity index (χ2v) is 6.17. The first-order chi connectivity index (χ1) is 11.6. The summed E-state index contributed by atoms with van der Waals surface area (Å²) in [6.45, 7) is 4.64. The van der Waals surface area contributed by atoms with E-state index in [9.17, 15) is 4.79 Å². The van der Waals surface area contributed by atoms with Crippen LogP contribution in [-0.2, 0) is 29.0 Å². The summed E-state index contributed by atoms with van der Waals surface area (Å²) in [6, 6.07) is 7.80. The fraction of sp³-hybridized carbons (Fsp3) is 0.444. The number of carbonyl (C=O) groups is 1. The van der Waals surface area contributed by atoms with Crippen LogP contribution in [0.3, 0.4) is 0 Å². The number of nitrogens with two attached hydrogens (primary N) is 1. The first kappa shape index (κ1) is 16.5. The van der Waals surface area contributed by atoms with Gasteiger partial charge in [0.1, 0.15) is 0 Å². The second kappa shape index (κ2) is 7.05. The van der Waals surface area contributed by atoms with Gasteiger partial charge < -0.3 is 15.4 Å². The summed E-state index contributed by atoms with van der Waals surface area (Å²) in [7, 11) is 2.11. The normalized spacial score (nSPS) is 14.4. The van der Waals surface area contributed by atoms with Gasteiger partial charge in [0.05, 0.1) is 25.3 Å². The number of anilines is 1. The van der Waals surface area contributed by atoms with Crippen LogP contribution in [0.5, 0.6) is 0 Å². The first-order valence-electron chi connectivity index (χ1n) is 8.37. The van der Waals surface area contributed by atoms with Crippen molar-refractivity contribution in [3.63, 3.8) is 0 Å². The van der Waals surface area contributed by atoms with Crippen LogP contribution in [-0.4, -0.2) is 40.8 Å². The molecule has 0 unspecified atom stereocenters. The molecule has 2 aromatic rings. The number of aryl methyl sites for hydroxylation is 1. The maximum absolute atomic E-state index is 11.7. The highest BCUT2D eigenvalue weighted by Crippen LogP contribution is 2.30. The van der Waals surface area contributed by atoms with Crippen molar-refractivity contribution >= 4 is 11.7 Å². The molecule has 0 saturated heterocycles. The minimum Gasteiger partial charge on any atom is -0.466 e. The fourth-order valence-electron chi connectivity index (χ4n) is 3.16. The van der Waals surface area contributed by atoms with E-state index in [1.165, 1.54) is 11.3 Å². The van der Waals surface area contributed by atoms with Gasteiger partial charge in [-0.05, 0) is 26.1 Å². The number of aromatic nitrogens is 2. The number of nitrogen functional groups attached to an aromatic ring is 1. The molecule has 0 bridgehead atoms. The number of benzene rings is 1. The molecule has 24 heavy (non-hydrogen) atoms. The van der Waals surface area contributed by atoms with Crippen molar-refractivity contribution in [1.29, 1.82) is 0 Å². The molecule has 0 amide bonds. The van der Waals surface area contributed by atoms with Crippen LogP contribution >= 0.6 is 0 Å². The highest BCUT2D eigenvalue weighted by Gasteiger charge is 2.24. The number of carbonyl (C=O) groups excluding carboxylic acids is 1. The van der Waals surface area contributed by atoms with Crippen LogP contribution in [0, 0.1) is 0 Å². The van der Waals surface area contributed by atoms with Crippen LogP contribution < -0.4 is 5.73 Å². The summed E-state index contributed by atoms with van der Waals surface area (Å²) in [6.07, 6.45) is 1.28. The maximum atomic E-state index is 11.7. The third-order valence-corrected chi connectivity index (χ3v) is 4.32. The van der Waals surface area contributed by atoms with E-state index in [4.69, 9.17) is 15.6 Å². The largest absolute Gasteiger partial charge is 0.466 e. The lowest BCUT2D eigenvalue weighted by molar-refractivity contribution is -0.143. The van der Waals surface area contributed by atoms with Crippen molar-refractivity contribution in [3.05, 3.63) is 35.5 Å². The zero-order chi connectivity index (χ0) is 17.1. The number of nitrogens with zero attached hydrogens (tertiary/aromatic N) is 3. The van der Waals surface area contributed by atoms with Gasteiger partial charge in [0, 0.05) is 42.0 Å². The van der Waals surface area contributed by atoms with Gasteiger partial charge in [-0.25, -0.2) is 0 Å². The predicted molar refractivity (Wildman–Crippen MR) is 93.4 cm³/mol. The summed E-state index contributed by atoms with van der Waals surface area (Å²) >= 11 is 0. The molecule has 0 saturated carbocycles. The lowest BCUT2D eigenvalue weighted by atomic mass is 10.0. The maximum Gasteiger partial charge on any atom is 0.307 e. The number of fused-ring (bicyclic) bond motifs is 1. The van der Waals surface area contributed by atoms with Crippen LogP contribution in [0.25, 0.3) is 11.3 Å². The molecule has 1 aliphatic heterocycles. The zero-order valence-electron chi connectivity index (χ0n) is 14.3. The summed E-state index contributed by atoms with van der Waals surface area (Å²) in [5, 5.41) is 4.80. The number of ether oxygens (including phenoxy) is 1. The summed E-state index contributed by atoms with van der Waals surface area (Å²) in [5.41, 5.74) is 11.1. The molecule has 1 aromatic heterocycles. The SMILES string of the molecule is CCOC(=O)CCn1nc(-c2cccc(N)c2)c2c1CCN(C)C2. The number of hydrogen-bond acceptors (Lipinski definition) is 5. The number of esters is 1. The Bertz CT molecular complexity index is 739. The molecule has 6 heteroatoms. The third-order valence-electron chi connectivity index (χ3n) is 4.32. The number of rotatable bonds is 5. The van der Waals surface area contributed by atoms with E-state index in [1.807, 2.05) is 35.9 Å². The number of hydrogen-bond donors (Lipinski definition) is 1. The molecule has 6 nitrogen and oxygen atoms in total. The molecular formula is C18H24N4O2. The van der Waals surface area contributed by atoms with Crippen molar-refractivity contribution in [2.45, 2.75) is 32.9 Å². The van der Waals surface area contributed by atoms with Crippen molar-refractivity contribution in [2.75, 3.05) is 25.9 Å². The average Bonchev–Trinajstić information content (AvgIpc) is 2.91. The van der Waals surface area contributed by atoms with Crippen molar-refractivity contribution in [3.8, 4) is 11.3 Å². The van der Waals surface area contributed by atoms with Gasteiger partial charge in [0.25, 0.3) is 0 Å². The Balaban J connectivity index is 1.93. The Morgan fingerprint density at radius 1 is 1.42 bits per heavy atom. The van der Waals surface area contributed by atoms with E-state index >= 15 is 0 Å². The van der Waals surface area contributed by atoms with E-state index in [0.717, 1.165) is 36.5 Å². The Morgan fingerprint density at radius 2 is 2.25 bits per heavy atom. The molecule has 0 fully saturated rings. The van der Waals surface area contributed by atoms with Gasteiger partial charge in [0.15, 0.2) is 0 Å². The van der Waals surface area contributed by atoms with E-state index in [2.05, 4.69) is 11.9 Å². The molecule has 2 heterocycles. The van der Waals surface area contributed by atoms with Crippen LogP contribution in [0.4, 0.5) is 5.69 Å². The number of likely N-dealkylation sites (N-methyl/N-ethyl adjacent to an activating group) is 1. The minimum atomic E-state index is -0.180. The fourth-order valence-corrected chi connectivity index (χ4v) is 3.16. The molecule has 0 aliphatic carbocycles. The molecular weight excluding hydrogens is 304 g/mol. The van der Waals surface area contributed by atoms with Gasteiger partial charge in [-0.1, -0.05) is 12.1 Å². The Hall–Kier alpha value is -2.34. The molecule has 128 valence electrons. The van der Waals surface area contributed by atoms with E-state index < -0.39 is 0 Å². The summed E-state index contributed by atoms with van der Waals surface area (Å²) in [4.78, 5) is 14.0. The Morgan fingerprint density at radius 3 is 3.00 bits per heavy atom. The van der Waals surface area contributed by atoms with E-state index in [-0.39, 0.29) is 5.97 Å². The Labute approximate surface area is 142 Å². The minimum absolute atomic E-state index is 0.180. The van der Waals surface area contributed by atoms with Crippen LogP contribution in [0.2, 0.25) is 0 Å². The lowest BCUT2D eigenvalue weighted by Crippen LogP contribution is -2.27. The van der Waals surface area contributed by atoms with Crippen LogP contribution in [0.15, 0.2) is 24.3 Å². The molecule has 0 atom stereocenters. The molecule has 1 aromatic carbocycles. The van der Waals surface area contributed by atoms with Crippen molar-refractivity contribution in [1.82, 2.24) is 14.7 Å². The van der Waals surface area contributed by atoms with E-state index in [0.29, 0.717) is 19.6 Å². The lowest BCUT2D eigenvalue weighted by Gasteiger charge is -2.23. The third kappa shape index (κ3) is 3.43. The summed E-state index contributed by atoms with van der Waals surface area (Å²) < 4.78 is 7.00. The molecule has 0 spiro atoms. The van der Waals surface area contributed by atoms with Gasteiger partial charge in [-0.2, -0.15) is 5.10 Å². The van der Waals surface area contributed by atoms with Gasteiger partial charge in [-0.3, -0.25) is 9.48 Å². The van der Waals surface area contributed by atoms with E-state index in [1.54, 1.807) is 0 Å². The monoisotopic (exact) mass is 328 g/mol. The standard InChI is InChI=1S/C18H24N4O2/c1-3-24-17(23)8-10-22-16-7-9-21(2)12-15(16)18(20-22)13-5-4-6-14(19)11-13/h4-6,11H,3,7-10,12,19H2,1-2H3. The highest BCUT2D eigenvalue weighted by molar-refractivity contribution is 5.70. The molecule has 1 aliphatic rings. The highest BCUT2D eigenvalue weighted by atomic mass is 16.5. The molecule has 3 rings (SSSR count). The topological polar surface area (TPSA) is 73.4 Å². The summed E-state index contributed by atoms with van der Waals surface area (Å²) in [5.74, 6) is -0.180. The van der Waals surface area contributed by atoms with Gasteiger partial charge in [-0.15, -0.1) is 0 Å². The van der Waals surface area contributed by atoms with Gasteiger partial charge in [0.2, 0.25) is 0 Å². The second-order valence-electron chi connectivity index (χ2n) is 6.17. The Kier molecular flexibility index (Phi) is 4.85. The average molecular weight is 328 g/mol. The van der Waals surface area contributed by atoms with Crippen molar-refractivity contribution in [2.24, 2.45) is 0 Å².